The van der Waals surface area contributed by atoms with Crippen LogP contribution in [0.25, 0.3) is 0 Å². The molecule has 1 saturated heterocycles. The number of aryl methyl sites for hydroxylation is 1. The third-order valence-electron chi connectivity index (χ3n) is 7.86. The van der Waals surface area contributed by atoms with Gasteiger partial charge in [0.2, 0.25) is 11.8 Å². The first-order valence-electron chi connectivity index (χ1n) is 11.3. The number of hydrogen-bond acceptors (Lipinski definition) is 5. The summed E-state index contributed by atoms with van der Waals surface area (Å²) in [6, 6.07) is 9.04. The monoisotopic (exact) mass is 469 g/mol. The summed E-state index contributed by atoms with van der Waals surface area (Å²) in [6.07, 6.45) is 6.86. The minimum Gasteiger partial charge on any atom is -0.278 e. The van der Waals surface area contributed by atoms with Crippen molar-refractivity contribution in [3.63, 3.8) is 0 Å². The predicted molar refractivity (Wildman–Crippen MR) is 121 cm³/mol. The van der Waals surface area contributed by atoms with E-state index in [-0.39, 0.29) is 36.1 Å². The average Bonchev–Trinajstić information content (AvgIpc) is 2.77. The van der Waals surface area contributed by atoms with E-state index in [0.717, 1.165) is 36.0 Å². The lowest BCUT2D eigenvalue weighted by Gasteiger charge is -2.54. The number of fused-ring (bicyclic) bond motifs is 5. The van der Waals surface area contributed by atoms with Crippen LogP contribution in [-0.4, -0.2) is 34.7 Å². The Hall–Kier alpha value is -2.78. The maximum atomic E-state index is 13.6. The molecule has 2 aromatic rings. The Morgan fingerprint density at radius 2 is 2.06 bits per heavy atom. The molecule has 2 heterocycles. The number of aromatic nitrogens is 1. The van der Waals surface area contributed by atoms with Gasteiger partial charge in [-0.15, -0.1) is 0 Å². The Balaban J connectivity index is 1.40. The number of carbonyl (C=O) groups excluding carboxylic acids is 2. The molecule has 2 amide bonds. The number of anilines is 1. The fourth-order valence-electron chi connectivity index (χ4n) is 6.31. The van der Waals surface area contributed by atoms with Crippen LogP contribution >= 0.6 is 0 Å². The summed E-state index contributed by atoms with van der Waals surface area (Å²) in [5, 5.41) is 0. The van der Waals surface area contributed by atoms with Crippen molar-refractivity contribution in [2.75, 3.05) is 4.72 Å². The largest absolute Gasteiger partial charge is 0.357 e. The molecule has 4 atom stereocenters. The summed E-state index contributed by atoms with van der Waals surface area (Å²) in [5.41, 5.74) is 2.83. The number of nitrogens with one attached hydrogen (secondary N) is 1. The van der Waals surface area contributed by atoms with Crippen LogP contribution in [0.5, 0.6) is 0 Å². The zero-order chi connectivity index (χ0) is 23.4. The summed E-state index contributed by atoms with van der Waals surface area (Å²) in [6.45, 7) is 2.28. The Morgan fingerprint density at radius 1 is 1.24 bits per heavy atom. The summed E-state index contributed by atoms with van der Waals surface area (Å²) in [5.74, 6) is 0.252. The molecular weight excluding hydrogens is 442 g/mol. The maximum Gasteiger partial charge on any atom is 0.357 e. The molecule has 2 N–H and O–H groups in total. The average molecular weight is 470 g/mol. The molecular formula is C24H27N3O5S. The molecule has 1 saturated carbocycles. The normalized spacial score (nSPS) is 29.2. The lowest BCUT2D eigenvalue weighted by Crippen LogP contribution is -2.58. The van der Waals surface area contributed by atoms with Gasteiger partial charge in [0, 0.05) is 18.8 Å². The summed E-state index contributed by atoms with van der Waals surface area (Å²) in [4.78, 5) is 32.2. The SMILES string of the molecule is C[C@]12CC[C@@H]3c4ccc(NS(=O)(=O)O)cc4CC[C@H]3[C@@H]1CC(=O)N(Cc1cccnc1)C2=O. The Labute approximate surface area is 193 Å². The van der Waals surface area contributed by atoms with Crippen molar-refractivity contribution in [2.45, 2.75) is 51.5 Å². The highest BCUT2D eigenvalue weighted by atomic mass is 32.2. The molecule has 0 unspecified atom stereocenters. The lowest BCUT2D eigenvalue weighted by atomic mass is 9.52. The van der Waals surface area contributed by atoms with Crippen molar-refractivity contribution in [1.82, 2.24) is 9.88 Å². The second-order valence-corrected chi connectivity index (χ2v) is 10.9. The van der Waals surface area contributed by atoms with Gasteiger partial charge < -0.3 is 0 Å². The van der Waals surface area contributed by atoms with E-state index in [2.05, 4.69) is 9.71 Å². The molecule has 2 fully saturated rings. The molecule has 33 heavy (non-hydrogen) atoms. The van der Waals surface area contributed by atoms with Crippen LogP contribution in [0, 0.1) is 17.3 Å². The molecule has 3 aliphatic rings. The minimum atomic E-state index is -4.32. The number of pyridine rings is 1. The zero-order valence-corrected chi connectivity index (χ0v) is 19.2. The predicted octanol–water partition coefficient (Wildman–Crippen LogP) is 3.32. The number of piperidine rings is 1. The van der Waals surface area contributed by atoms with Crippen LogP contribution < -0.4 is 4.72 Å². The number of amides is 2. The number of carbonyl (C=O) groups is 2. The Kier molecular flexibility index (Phi) is 5.29. The highest BCUT2D eigenvalue weighted by Crippen LogP contribution is 2.58. The van der Waals surface area contributed by atoms with E-state index in [9.17, 15) is 18.0 Å². The molecule has 2 aliphatic carbocycles. The lowest BCUT2D eigenvalue weighted by molar-refractivity contribution is -0.168. The van der Waals surface area contributed by atoms with Gasteiger partial charge in [-0.25, -0.2) is 0 Å². The van der Waals surface area contributed by atoms with Gasteiger partial charge in [0.15, 0.2) is 0 Å². The standard InChI is InChI=1S/C24H27N3O5S/c1-24-9-8-19-18-7-5-17(26-33(30,31)32)11-16(18)4-6-20(19)21(24)12-22(28)27(23(24)29)14-15-3-2-10-25-13-15/h2-3,5,7,10-11,13,19-21,26H,4,6,8-9,12,14H2,1H3,(H,30,31,32)/t19-,20-,21+,24+/m1/s1. The van der Waals surface area contributed by atoms with E-state index in [4.69, 9.17) is 4.55 Å². The topological polar surface area (TPSA) is 117 Å². The maximum absolute atomic E-state index is 13.6. The Bertz CT molecular complexity index is 1220. The van der Waals surface area contributed by atoms with Gasteiger partial charge in [0.25, 0.3) is 0 Å². The summed E-state index contributed by atoms with van der Waals surface area (Å²) < 4.78 is 33.5. The number of imide groups is 1. The molecule has 8 nitrogen and oxygen atoms in total. The van der Waals surface area contributed by atoms with Crippen LogP contribution in [0.2, 0.25) is 0 Å². The highest BCUT2D eigenvalue weighted by Gasteiger charge is 2.57. The van der Waals surface area contributed by atoms with E-state index in [0.29, 0.717) is 18.5 Å². The van der Waals surface area contributed by atoms with Crippen molar-refractivity contribution >= 4 is 27.8 Å². The van der Waals surface area contributed by atoms with E-state index in [1.807, 2.05) is 19.1 Å². The molecule has 0 spiro atoms. The van der Waals surface area contributed by atoms with Crippen molar-refractivity contribution in [3.05, 3.63) is 59.4 Å². The Morgan fingerprint density at radius 3 is 2.79 bits per heavy atom. The van der Waals surface area contributed by atoms with E-state index in [1.54, 1.807) is 30.6 Å². The number of nitrogens with zero attached hydrogens (tertiary/aromatic N) is 2. The molecule has 1 aromatic carbocycles. The first-order valence-corrected chi connectivity index (χ1v) is 12.7. The number of likely N-dealkylation sites (tertiary alicyclic amines) is 1. The van der Waals surface area contributed by atoms with E-state index >= 15 is 0 Å². The van der Waals surface area contributed by atoms with Crippen molar-refractivity contribution in [2.24, 2.45) is 17.3 Å². The number of rotatable bonds is 4. The third-order valence-corrected chi connectivity index (χ3v) is 8.35. The quantitative estimate of drug-likeness (QED) is 0.524. The van der Waals surface area contributed by atoms with Gasteiger partial charge in [0.1, 0.15) is 0 Å². The van der Waals surface area contributed by atoms with Gasteiger partial charge in [-0.1, -0.05) is 19.1 Å². The van der Waals surface area contributed by atoms with Gasteiger partial charge >= 0.3 is 10.3 Å². The van der Waals surface area contributed by atoms with Crippen LogP contribution in [-0.2, 0) is 32.9 Å². The second-order valence-electron chi connectivity index (χ2n) is 9.71. The van der Waals surface area contributed by atoms with Crippen molar-refractivity contribution in [1.29, 1.82) is 0 Å². The molecule has 1 aliphatic heterocycles. The third kappa shape index (κ3) is 3.93. The van der Waals surface area contributed by atoms with Gasteiger partial charge in [-0.2, -0.15) is 8.42 Å². The zero-order valence-electron chi connectivity index (χ0n) is 18.4. The van der Waals surface area contributed by atoms with Crippen molar-refractivity contribution < 1.29 is 22.6 Å². The molecule has 174 valence electrons. The van der Waals surface area contributed by atoms with E-state index < -0.39 is 15.7 Å². The first-order chi connectivity index (χ1) is 15.7. The summed E-state index contributed by atoms with van der Waals surface area (Å²) >= 11 is 0. The van der Waals surface area contributed by atoms with Crippen LogP contribution in [0.3, 0.4) is 0 Å². The molecule has 9 heteroatoms. The fraction of sp³-hybridized carbons (Fsp3) is 0.458. The van der Waals surface area contributed by atoms with Gasteiger partial charge in [0.05, 0.1) is 17.6 Å². The summed E-state index contributed by atoms with van der Waals surface area (Å²) in [7, 11) is -4.32. The number of benzene rings is 1. The highest BCUT2D eigenvalue weighted by molar-refractivity contribution is 7.87. The van der Waals surface area contributed by atoms with Gasteiger partial charge in [-0.05, 0) is 78.3 Å². The first kappa shape index (κ1) is 22.0. The smallest absolute Gasteiger partial charge is 0.278 e. The van der Waals surface area contributed by atoms with Crippen LogP contribution in [0.1, 0.15) is 55.2 Å². The fourth-order valence-corrected chi connectivity index (χ4v) is 6.74. The van der Waals surface area contributed by atoms with Crippen LogP contribution in [0.4, 0.5) is 5.69 Å². The molecule has 5 rings (SSSR count). The molecule has 0 radical (unpaired) electrons. The van der Waals surface area contributed by atoms with Gasteiger partial charge in [-0.3, -0.25) is 28.7 Å². The van der Waals surface area contributed by atoms with E-state index in [1.165, 1.54) is 4.90 Å². The van der Waals surface area contributed by atoms with Crippen LogP contribution in [0.15, 0.2) is 42.7 Å². The molecule has 0 bridgehead atoms. The number of hydrogen-bond donors (Lipinski definition) is 2. The second kappa shape index (κ2) is 7.92. The van der Waals surface area contributed by atoms with Crippen molar-refractivity contribution in [3.8, 4) is 0 Å². The molecule has 1 aromatic heterocycles. The minimum absolute atomic E-state index is 0.00910.